The third kappa shape index (κ3) is 6.62. The van der Waals surface area contributed by atoms with E-state index in [1.807, 2.05) is 24.3 Å². The van der Waals surface area contributed by atoms with Crippen LogP contribution in [0.15, 0.2) is 82.8 Å². The van der Waals surface area contributed by atoms with E-state index >= 15 is 0 Å². The maximum absolute atomic E-state index is 13.7. The van der Waals surface area contributed by atoms with Gasteiger partial charge >= 0.3 is 0 Å². The normalized spacial score (nSPS) is 10.8. The Kier molecular flexibility index (Phi) is 7.67. The fourth-order valence-corrected chi connectivity index (χ4v) is 3.19. The van der Waals surface area contributed by atoms with Gasteiger partial charge in [-0.25, -0.2) is 9.82 Å². The first-order valence-electron chi connectivity index (χ1n) is 8.77. The van der Waals surface area contributed by atoms with Crippen LogP contribution >= 0.6 is 23.4 Å². The molecule has 0 radical (unpaired) electrons. The molecule has 0 spiro atoms. The first-order valence-corrected chi connectivity index (χ1v) is 10.1. The Bertz CT molecular complexity index is 996. The van der Waals surface area contributed by atoms with Gasteiger partial charge in [0.2, 0.25) is 5.91 Å². The summed E-state index contributed by atoms with van der Waals surface area (Å²) < 4.78 is 19.5. The Labute approximate surface area is 177 Å². The van der Waals surface area contributed by atoms with E-state index in [9.17, 15) is 9.18 Å². The molecule has 3 rings (SSSR count). The standard InChI is InChI=1S/C22H18ClFN2O2S/c23-18-9-11-19(12-10-18)29-15-22(27)26-25-13-16-5-2-4-8-21(16)28-14-17-6-1-3-7-20(17)24/h1-13H,14-15H2,(H,26,27)/b25-13-. The van der Waals surface area contributed by atoms with E-state index in [1.54, 1.807) is 42.5 Å². The number of carbonyl (C=O) groups excluding carboxylic acids is 1. The molecule has 0 saturated carbocycles. The van der Waals surface area contributed by atoms with E-state index in [0.29, 0.717) is 21.9 Å². The van der Waals surface area contributed by atoms with Gasteiger partial charge in [0, 0.05) is 21.0 Å². The fourth-order valence-electron chi connectivity index (χ4n) is 2.38. The van der Waals surface area contributed by atoms with Crippen LogP contribution in [-0.2, 0) is 11.4 Å². The van der Waals surface area contributed by atoms with Crippen molar-refractivity contribution in [3.63, 3.8) is 0 Å². The van der Waals surface area contributed by atoms with E-state index in [-0.39, 0.29) is 24.1 Å². The van der Waals surface area contributed by atoms with E-state index in [0.717, 1.165) is 4.90 Å². The van der Waals surface area contributed by atoms with Gasteiger partial charge in [0.05, 0.1) is 12.0 Å². The van der Waals surface area contributed by atoms with Crippen molar-refractivity contribution in [1.82, 2.24) is 5.43 Å². The zero-order chi connectivity index (χ0) is 20.5. The number of nitrogens with zero attached hydrogens (tertiary/aromatic N) is 1. The van der Waals surface area contributed by atoms with Crippen molar-refractivity contribution in [2.24, 2.45) is 5.10 Å². The number of hydrazone groups is 1. The first-order chi connectivity index (χ1) is 14.1. The lowest BCUT2D eigenvalue weighted by Gasteiger charge is -2.09. The van der Waals surface area contributed by atoms with Crippen LogP contribution in [0.25, 0.3) is 0 Å². The molecule has 0 unspecified atom stereocenters. The van der Waals surface area contributed by atoms with Gasteiger partial charge in [-0.1, -0.05) is 41.9 Å². The topological polar surface area (TPSA) is 50.7 Å². The van der Waals surface area contributed by atoms with Gasteiger partial charge in [0.1, 0.15) is 18.2 Å². The molecular formula is C22H18ClFN2O2S. The van der Waals surface area contributed by atoms with Gasteiger partial charge in [0.25, 0.3) is 0 Å². The van der Waals surface area contributed by atoms with Crippen LogP contribution in [-0.4, -0.2) is 17.9 Å². The second kappa shape index (κ2) is 10.6. The van der Waals surface area contributed by atoms with Crippen molar-refractivity contribution in [3.8, 4) is 5.75 Å². The number of hydrogen-bond donors (Lipinski definition) is 1. The molecule has 0 aromatic heterocycles. The van der Waals surface area contributed by atoms with Crippen LogP contribution in [0.1, 0.15) is 11.1 Å². The molecule has 0 heterocycles. The first kappa shape index (κ1) is 20.9. The highest BCUT2D eigenvalue weighted by molar-refractivity contribution is 8.00. The fraction of sp³-hybridized carbons (Fsp3) is 0.0909. The summed E-state index contributed by atoms with van der Waals surface area (Å²) in [6.07, 6.45) is 1.50. The lowest BCUT2D eigenvalue weighted by Crippen LogP contribution is -2.19. The van der Waals surface area contributed by atoms with Crippen molar-refractivity contribution in [1.29, 1.82) is 0 Å². The monoisotopic (exact) mass is 428 g/mol. The number of ether oxygens (including phenoxy) is 1. The molecule has 3 aromatic carbocycles. The summed E-state index contributed by atoms with van der Waals surface area (Å²) in [4.78, 5) is 12.9. The smallest absolute Gasteiger partial charge is 0.250 e. The van der Waals surface area contributed by atoms with Crippen molar-refractivity contribution in [2.45, 2.75) is 11.5 Å². The van der Waals surface area contributed by atoms with Crippen LogP contribution in [0.3, 0.4) is 0 Å². The molecule has 0 bridgehead atoms. The summed E-state index contributed by atoms with van der Waals surface area (Å²) >= 11 is 7.23. The molecule has 7 heteroatoms. The van der Waals surface area contributed by atoms with Gasteiger partial charge in [-0.2, -0.15) is 5.10 Å². The summed E-state index contributed by atoms with van der Waals surface area (Å²) in [5.41, 5.74) is 3.63. The molecular weight excluding hydrogens is 411 g/mol. The number of hydrogen-bond acceptors (Lipinski definition) is 4. The van der Waals surface area contributed by atoms with E-state index < -0.39 is 0 Å². The lowest BCUT2D eigenvalue weighted by atomic mass is 10.2. The molecule has 1 N–H and O–H groups in total. The highest BCUT2D eigenvalue weighted by Gasteiger charge is 2.05. The molecule has 0 fully saturated rings. The number of halogens is 2. The molecule has 148 valence electrons. The van der Waals surface area contributed by atoms with Crippen LogP contribution in [0.5, 0.6) is 5.75 Å². The number of benzene rings is 3. The molecule has 0 atom stereocenters. The molecule has 0 aliphatic carbocycles. The largest absolute Gasteiger partial charge is 0.488 e. The minimum absolute atomic E-state index is 0.0988. The third-order valence-electron chi connectivity index (χ3n) is 3.84. The van der Waals surface area contributed by atoms with Crippen molar-refractivity contribution < 1.29 is 13.9 Å². The minimum atomic E-state index is -0.316. The van der Waals surface area contributed by atoms with Gasteiger partial charge < -0.3 is 4.74 Å². The number of rotatable bonds is 8. The number of thioether (sulfide) groups is 1. The number of carbonyl (C=O) groups is 1. The Hall–Kier alpha value is -2.83. The number of para-hydroxylation sites is 1. The van der Waals surface area contributed by atoms with Crippen molar-refractivity contribution >= 4 is 35.5 Å². The maximum Gasteiger partial charge on any atom is 0.250 e. The summed E-state index contributed by atoms with van der Waals surface area (Å²) in [7, 11) is 0. The SMILES string of the molecule is O=C(CSc1ccc(Cl)cc1)N/N=C\c1ccccc1OCc1ccccc1F. The van der Waals surface area contributed by atoms with Crippen LogP contribution < -0.4 is 10.2 Å². The summed E-state index contributed by atoms with van der Waals surface area (Å²) in [6.45, 7) is 0.0988. The predicted molar refractivity (Wildman–Crippen MR) is 115 cm³/mol. The highest BCUT2D eigenvalue weighted by Crippen LogP contribution is 2.20. The van der Waals surface area contributed by atoms with Gasteiger partial charge in [-0.15, -0.1) is 11.8 Å². The van der Waals surface area contributed by atoms with E-state index in [2.05, 4.69) is 10.5 Å². The quantitative estimate of drug-likeness (QED) is 0.301. The zero-order valence-electron chi connectivity index (χ0n) is 15.3. The van der Waals surface area contributed by atoms with Crippen LogP contribution in [0.2, 0.25) is 5.02 Å². The Morgan fingerprint density at radius 3 is 2.59 bits per heavy atom. The van der Waals surface area contributed by atoms with Gasteiger partial charge in [-0.05, 0) is 42.5 Å². The predicted octanol–water partition coefficient (Wildman–Crippen LogP) is 5.30. The Morgan fingerprint density at radius 2 is 1.79 bits per heavy atom. The van der Waals surface area contributed by atoms with Crippen LogP contribution in [0.4, 0.5) is 4.39 Å². The average molecular weight is 429 g/mol. The summed E-state index contributed by atoms with van der Waals surface area (Å²) in [5, 5.41) is 4.64. The third-order valence-corrected chi connectivity index (χ3v) is 5.10. The number of nitrogens with one attached hydrogen (secondary N) is 1. The molecule has 0 aliphatic rings. The van der Waals surface area contributed by atoms with Crippen molar-refractivity contribution in [3.05, 3.63) is 94.8 Å². The average Bonchev–Trinajstić information content (AvgIpc) is 2.73. The lowest BCUT2D eigenvalue weighted by molar-refractivity contribution is -0.118. The highest BCUT2D eigenvalue weighted by atomic mass is 35.5. The maximum atomic E-state index is 13.7. The second-order valence-electron chi connectivity index (χ2n) is 5.95. The van der Waals surface area contributed by atoms with Crippen molar-refractivity contribution in [2.75, 3.05) is 5.75 Å². The molecule has 1 amide bonds. The van der Waals surface area contributed by atoms with Crippen LogP contribution in [0, 0.1) is 5.82 Å². The molecule has 0 aliphatic heterocycles. The molecule has 0 saturated heterocycles. The van der Waals surface area contributed by atoms with E-state index in [1.165, 1.54) is 24.0 Å². The van der Waals surface area contributed by atoms with Gasteiger partial charge in [-0.3, -0.25) is 4.79 Å². The minimum Gasteiger partial charge on any atom is -0.488 e. The molecule has 29 heavy (non-hydrogen) atoms. The summed E-state index contributed by atoms with van der Waals surface area (Å²) in [5.74, 6) is 0.226. The molecule has 3 aromatic rings. The Balaban J connectivity index is 1.53. The molecule has 4 nitrogen and oxygen atoms in total. The number of amides is 1. The van der Waals surface area contributed by atoms with E-state index in [4.69, 9.17) is 16.3 Å². The second-order valence-corrected chi connectivity index (χ2v) is 7.44. The van der Waals surface area contributed by atoms with Gasteiger partial charge in [0.15, 0.2) is 0 Å². The zero-order valence-corrected chi connectivity index (χ0v) is 16.9. The summed E-state index contributed by atoms with van der Waals surface area (Å²) in [6, 6.07) is 20.9. The Morgan fingerprint density at radius 1 is 1.07 bits per heavy atom.